The maximum atomic E-state index is 13.3. The van der Waals surface area contributed by atoms with Crippen molar-refractivity contribution in [3.05, 3.63) is 34.6 Å². The van der Waals surface area contributed by atoms with Crippen molar-refractivity contribution in [1.29, 1.82) is 0 Å². The van der Waals surface area contributed by atoms with E-state index in [1.54, 1.807) is 26.8 Å². The number of nitrogens with zero attached hydrogens (tertiary/aromatic N) is 1. The van der Waals surface area contributed by atoms with E-state index in [1.165, 1.54) is 18.3 Å². The van der Waals surface area contributed by atoms with Gasteiger partial charge in [-0.3, -0.25) is 0 Å². The molecule has 1 atom stereocenters. The fourth-order valence-electron chi connectivity index (χ4n) is 0.893. The molecule has 0 fully saturated rings. The second-order valence-electron chi connectivity index (χ2n) is 4.23. The first-order chi connectivity index (χ1) is 7.32. The second-order valence-corrected chi connectivity index (χ2v) is 6.57. The van der Waals surface area contributed by atoms with Crippen LogP contribution >= 0.6 is 11.6 Å². The Labute approximate surface area is 103 Å². The molecule has 0 saturated carbocycles. The van der Waals surface area contributed by atoms with Gasteiger partial charge in [0.25, 0.3) is 0 Å². The third-order valence-corrected chi connectivity index (χ3v) is 3.48. The normalized spacial score (nSPS) is 14.4. The molecule has 0 spiro atoms. The smallest absolute Gasteiger partial charge is 0.144 e. The van der Waals surface area contributed by atoms with Crippen LogP contribution in [0.5, 0.6) is 0 Å². The van der Waals surface area contributed by atoms with Gasteiger partial charge >= 0.3 is 0 Å². The molecule has 0 aliphatic carbocycles. The van der Waals surface area contributed by atoms with Crippen LogP contribution in [0.1, 0.15) is 26.3 Å². The molecule has 5 heteroatoms. The van der Waals surface area contributed by atoms with E-state index in [-0.39, 0.29) is 10.6 Å². The molecular formula is C11H13ClFNOS. The van der Waals surface area contributed by atoms with Gasteiger partial charge in [-0.05, 0) is 32.9 Å². The largest absolute Gasteiger partial charge is 0.591 e. The molecule has 0 amide bonds. The summed E-state index contributed by atoms with van der Waals surface area (Å²) in [5, 5.41) is 0.259. The van der Waals surface area contributed by atoms with Gasteiger partial charge in [0.1, 0.15) is 21.9 Å². The molecule has 1 aromatic carbocycles. The summed E-state index contributed by atoms with van der Waals surface area (Å²) in [6, 6.07) is 4.36. The zero-order chi connectivity index (χ0) is 12.3. The Balaban J connectivity index is 2.93. The van der Waals surface area contributed by atoms with Crippen molar-refractivity contribution in [2.75, 3.05) is 0 Å². The molecule has 2 nitrogen and oxygen atoms in total. The number of rotatable bonds is 2. The highest BCUT2D eigenvalue weighted by atomic mass is 35.5. The standard InChI is InChI=1S/C11H13ClFNOS/c1-11(2,3)16(15)14-7-8-9(12)5-4-6-10(8)13/h4-7H,1-3H3/t16-/m0/s1. The van der Waals surface area contributed by atoms with Crippen LogP contribution in [-0.2, 0) is 11.4 Å². The first-order valence-corrected chi connectivity index (χ1v) is 6.21. The van der Waals surface area contributed by atoms with Crippen LogP contribution in [0, 0.1) is 5.82 Å². The minimum absolute atomic E-state index is 0.168. The highest BCUT2D eigenvalue weighted by molar-refractivity contribution is 7.91. The highest BCUT2D eigenvalue weighted by Crippen LogP contribution is 2.20. The highest BCUT2D eigenvalue weighted by Gasteiger charge is 2.26. The van der Waals surface area contributed by atoms with Crippen LogP contribution in [0.25, 0.3) is 0 Å². The molecule has 0 saturated heterocycles. The van der Waals surface area contributed by atoms with E-state index in [0.717, 1.165) is 0 Å². The molecule has 88 valence electrons. The summed E-state index contributed by atoms with van der Waals surface area (Å²) in [6.07, 6.45) is 1.22. The third-order valence-electron chi connectivity index (χ3n) is 1.80. The first kappa shape index (κ1) is 13.5. The van der Waals surface area contributed by atoms with Crippen molar-refractivity contribution in [3.8, 4) is 0 Å². The maximum Gasteiger partial charge on any atom is 0.144 e. The summed E-state index contributed by atoms with van der Waals surface area (Å²) in [4.78, 5) is 0. The lowest BCUT2D eigenvalue weighted by atomic mass is 10.2. The Kier molecular flexibility index (Phi) is 4.35. The lowest BCUT2D eigenvalue weighted by molar-refractivity contribution is 0.561. The van der Waals surface area contributed by atoms with Crippen molar-refractivity contribution in [3.63, 3.8) is 0 Å². The van der Waals surface area contributed by atoms with Crippen molar-refractivity contribution < 1.29 is 8.94 Å². The van der Waals surface area contributed by atoms with E-state index in [9.17, 15) is 8.94 Å². The summed E-state index contributed by atoms with van der Waals surface area (Å²) in [6.45, 7) is 5.39. The third kappa shape index (κ3) is 3.47. The van der Waals surface area contributed by atoms with E-state index in [1.807, 2.05) is 0 Å². The van der Waals surface area contributed by atoms with Crippen LogP contribution < -0.4 is 0 Å². The molecule has 0 heterocycles. The molecule has 16 heavy (non-hydrogen) atoms. The van der Waals surface area contributed by atoms with Crippen molar-refractivity contribution in [1.82, 2.24) is 0 Å². The Morgan fingerprint density at radius 1 is 1.44 bits per heavy atom. The van der Waals surface area contributed by atoms with Gasteiger partial charge in [0, 0.05) is 0 Å². The van der Waals surface area contributed by atoms with Gasteiger partial charge in [-0.15, -0.1) is 0 Å². The van der Waals surface area contributed by atoms with Gasteiger partial charge < -0.3 is 4.55 Å². The lowest BCUT2D eigenvalue weighted by Crippen LogP contribution is -2.25. The quantitative estimate of drug-likeness (QED) is 0.594. The molecule has 0 unspecified atom stereocenters. The van der Waals surface area contributed by atoms with Crippen LogP contribution in [0.15, 0.2) is 22.6 Å². The predicted octanol–water partition coefficient (Wildman–Crippen LogP) is 3.36. The Morgan fingerprint density at radius 3 is 2.56 bits per heavy atom. The molecular weight excluding hydrogens is 249 g/mol. The summed E-state index contributed by atoms with van der Waals surface area (Å²) in [5.74, 6) is -0.470. The van der Waals surface area contributed by atoms with Crippen LogP contribution in [0.2, 0.25) is 5.02 Å². The van der Waals surface area contributed by atoms with Gasteiger partial charge in [-0.2, -0.15) is 0 Å². The number of halogens is 2. The number of hydrogen-bond acceptors (Lipinski definition) is 2. The van der Waals surface area contributed by atoms with E-state index in [4.69, 9.17) is 11.6 Å². The predicted molar refractivity (Wildman–Crippen MR) is 66.9 cm³/mol. The van der Waals surface area contributed by atoms with Crippen molar-refractivity contribution in [2.24, 2.45) is 4.40 Å². The maximum absolute atomic E-state index is 13.3. The van der Waals surface area contributed by atoms with Crippen LogP contribution in [-0.4, -0.2) is 15.5 Å². The topological polar surface area (TPSA) is 35.4 Å². The molecule has 0 aliphatic rings. The zero-order valence-electron chi connectivity index (χ0n) is 9.33. The molecule has 0 radical (unpaired) electrons. The summed E-state index contributed by atoms with van der Waals surface area (Å²) in [7, 11) is 0. The van der Waals surface area contributed by atoms with Crippen molar-refractivity contribution >= 4 is 29.2 Å². The summed E-state index contributed by atoms with van der Waals surface area (Å²) < 4.78 is 28.3. The Bertz CT molecular complexity index is 383. The van der Waals surface area contributed by atoms with Gasteiger partial charge in [0.05, 0.1) is 16.8 Å². The molecule has 0 bridgehead atoms. The zero-order valence-corrected chi connectivity index (χ0v) is 10.9. The first-order valence-electron chi connectivity index (χ1n) is 4.72. The minimum Gasteiger partial charge on any atom is -0.591 e. The molecule has 0 aromatic heterocycles. The molecule has 1 rings (SSSR count). The van der Waals surface area contributed by atoms with E-state index in [0.29, 0.717) is 0 Å². The second kappa shape index (κ2) is 5.17. The van der Waals surface area contributed by atoms with Gasteiger partial charge in [-0.25, -0.2) is 4.39 Å². The minimum atomic E-state index is -1.41. The summed E-state index contributed by atoms with van der Waals surface area (Å²) in [5.41, 5.74) is 0.168. The SMILES string of the molecule is CC(C)(C)[S@+]([O-])N=Cc1c(F)cccc1Cl. The van der Waals surface area contributed by atoms with E-state index in [2.05, 4.69) is 4.40 Å². The molecule has 0 aliphatic heterocycles. The van der Waals surface area contributed by atoms with E-state index >= 15 is 0 Å². The average molecular weight is 262 g/mol. The van der Waals surface area contributed by atoms with E-state index < -0.39 is 21.9 Å². The van der Waals surface area contributed by atoms with Gasteiger partial charge in [-0.1, -0.05) is 22.1 Å². The van der Waals surface area contributed by atoms with Crippen LogP contribution in [0.3, 0.4) is 0 Å². The number of benzene rings is 1. The fraction of sp³-hybridized carbons (Fsp3) is 0.364. The number of hydrogen-bond donors (Lipinski definition) is 0. The fourth-order valence-corrected chi connectivity index (χ4v) is 1.62. The van der Waals surface area contributed by atoms with Gasteiger partial charge in [0.2, 0.25) is 0 Å². The molecule has 0 N–H and O–H groups in total. The average Bonchev–Trinajstić information content (AvgIpc) is 2.15. The Hall–Kier alpha value is -0.580. The van der Waals surface area contributed by atoms with Crippen molar-refractivity contribution in [2.45, 2.75) is 25.5 Å². The summed E-state index contributed by atoms with van der Waals surface area (Å²) >= 11 is 4.39. The monoisotopic (exact) mass is 261 g/mol. The van der Waals surface area contributed by atoms with Gasteiger partial charge in [0.15, 0.2) is 0 Å². The van der Waals surface area contributed by atoms with Crippen LogP contribution in [0.4, 0.5) is 4.39 Å². The lowest BCUT2D eigenvalue weighted by Gasteiger charge is -2.17. The molecule has 1 aromatic rings. The Morgan fingerprint density at radius 2 is 2.06 bits per heavy atom.